The van der Waals surface area contributed by atoms with Crippen molar-refractivity contribution in [3.8, 4) is 11.3 Å². The van der Waals surface area contributed by atoms with Crippen LogP contribution < -0.4 is 5.32 Å². The standard InChI is InChI=1S/C21H24N2O/c1-3-7-17-14(2)21(16(13-23-17)18-9-6-11-22-18)20-12-15-8-4-5-10-19(15)24-20/h4-5,8,10,12-13,18,22H,3,6-7,9,11H2,1-2H3/t18-/m0/s1. The normalized spacial score (nSPS) is 17.7. The second kappa shape index (κ2) is 6.40. The number of hydrogen-bond acceptors (Lipinski definition) is 3. The van der Waals surface area contributed by atoms with Crippen LogP contribution in [-0.2, 0) is 6.42 Å². The molecule has 3 nitrogen and oxygen atoms in total. The highest BCUT2D eigenvalue weighted by molar-refractivity contribution is 5.84. The van der Waals surface area contributed by atoms with Crippen molar-refractivity contribution < 1.29 is 4.42 Å². The minimum absolute atomic E-state index is 0.384. The summed E-state index contributed by atoms with van der Waals surface area (Å²) < 4.78 is 6.21. The molecule has 2 aromatic heterocycles. The van der Waals surface area contributed by atoms with Gasteiger partial charge >= 0.3 is 0 Å². The van der Waals surface area contributed by atoms with Gasteiger partial charge in [0.1, 0.15) is 11.3 Å². The summed E-state index contributed by atoms with van der Waals surface area (Å²) in [5, 5.41) is 4.77. The van der Waals surface area contributed by atoms with Crippen LogP contribution in [0.4, 0.5) is 0 Å². The number of hydrogen-bond donors (Lipinski definition) is 1. The van der Waals surface area contributed by atoms with Crippen LogP contribution in [0.3, 0.4) is 0 Å². The number of nitrogens with one attached hydrogen (secondary N) is 1. The van der Waals surface area contributed by atoms with E-state index in [1.54, 1.807) is 0 Å². The van der Waals surface area contributed by atoms with E-state index < -0.39 is 0 Å². The number of benzene rings is 1. The summed E-state index contributed by atoms with van der Waals surface area (Å²) in [6, 6.07) is 10.8. The number of aromatic nitrogens is 1. The van der Waals surface area contributed by atoms with Gasteiger partial charge in [0.2, 0.25) is 0 Å². The van der Waals surface area contributed by atoms with E-state index in [0.29, 0.717) is 6.04 Å². The average Bonchev–Trinajstić information content (AvgIpc) is 3.25. The van der Waals surface area contributed by atoms with E-state index >= 15 is 0 Å². The Kier molecular flexibility index (Phi) is 4.11. The molecule has 24 heavy (non-hydrogen) atoms. The van der Waals surface area contributed by atoms with Crippen LogP contribution in [0.25, 0.3) is 22.3 Å². The van der Waals surface area contributed by atoms with Crippen LogP contribution in [-0.4, -0.2) is 11.5 Å². The third-order valence-electron chi connectivity index (χ3n) is 5.05. The predicted octanol–water partition coefficient (Wildman–Crippen LogP) is 5.18. The quantitative estimate of drug-likeness (QED) is 0.719. The largest absolute Gasteiger partial charge is 0.456 e. The van der Waals surface area contributed by atoms with Gasteiger partial charge in [-0.1, -0.05) is 31.5 Å². The van der Waals surface area contributed by atoms with Crippen molar-refractivity contribution in [2.24, 2.45) is 0 Å². The molecule has 0 spiro atoms. The van der Waals surface area contributed by atoms with Crippen LogP contribution in [0.15, 0.2) is 40.9 Å². The van der Waals surface area contributed by atoms with Crippen LogP contribution in [0.5, 0.6) is 0 Å². The minimum atomic E-state index is 0.384. The van der Waals surface area contributed by atoms with Gasteiger partial charge in [-0.05, 0) is 56.0 Å². The molecular formula is C21H24N2O. The Labute approximate surface area is 143 Å². The Bertz CT molecular complexity index is 826. The van der Waals surface area contributed by atoms with Gasteiger partial charge in [0.05, 0.1) is 0 Å². The SMILES string of the molecule is CCCc1ncc([C@@H]2CCCN2)c(-c2cc3ccccc3o2)c1C. The number of para-hydroxylation sites is 1. The van der Waals surface area contributed by atoms with Crippen molar-refractivity contribution in [3.63, 3.8) is 0 Å². The van der Waals surface area contributed by atoms with Crippen molar-refractivity contribution in [3.05, 3.63) is 53.3 Å². The van der Waals surface area contributed by atoms with E-state index in [1.807, 2.05) is 12.1 Å². The first-order valence-electron chi connectivity index (χ1n) is 8.98. The summed E-state index contributed by atoms with van der Waals surface area (Å²) in [6.45, 7) is 5.48. The van der Waals surface area contributed by atoms with Gasteiger partial charge in [-0.15, -0.1) is 0 Å². The molecule has 3 heterocycles. The number of aryl methyl sites for hydroxylation is 1. The van der Waals surface area contributed by atoms with Gasteiger partial charge in [-0.3, -0.25) is 4.98 Å². The third-order valence-corrected chi connectivity index (χ3v) is 5.05. The smallest absolute Gasteiger partial charge is 0.136 e. The molecule has 3 heteroatoms. The van der Waals surface area contributed by atoms with E-state index in [4.69, 9.17) is 9.40 Å². The second-order valence-corrected chi connectivity index (χ2v) is 6.71. The summed E-state index contributed by atoms with van der Waals surface area (Å²) in [5.74, 6) is 0.970. The van der Waals surface area contributed by atoms with Gasteiger partial charge < -0.3 is 9.73 Å². The lowest BCUT2D eigenvalue weighted by Gasteiger charge is -2.18. The van der Waals surface area contributed by atoms with E-state index in [2.05, 4.69) is 43.6 Å². The third kappa shape index (κ3) is 2.63. The van der Waals surface area contributed by atoms with Gasteiger partial charge in [-0.2, -0.15) is 0 Å². The fourth-order valence-electron chi connectivity index (χ4n) is 3.80. The summed E-state index contributed by atoms with van der Waals surface area (Å²) in [4.78, 5) is 4.77. The van der Waals surface area contributed by atoms with Crippen LogP contribution in [0, 0.1) is 6.92 Å². The highest BCUT2D eigenvalue weighted by atomic mass is 16.3. The lowest BCUT2D eigenvalue weighted by atomic mass is 9.93. The maximum atomic E-state index is 6.21. The van der Waals surface area contributed by atoms with Gasteiger partial charge in [-0.25, -0.2) is 0 Å². The summed E-state index contributed by atoms with van der Waals surface area (Å²) in [5.41, 5.74) is 5.93. The first-order chi connectivity index (χ1) is 11.8. The summed E-state index contributed by atoms with van der Waals surface area (Å²) >= 11 is 0. The molecule has 1 atom stereocenters. The van der Waals surface area contributed by atoms with E-state index in [1.165, 1.54) is 35.2 Å². The highest BCUT2D eigenvalue weighted by Gasteiger charge is 2.24. The molecule has 0 saturated carbocycles. The highest BCUT2D eigenvalue weighted by Crippen LogP contribution is 2.38. The molecule has 3 aromatic rings. The Morgan fingerprint density at radius 1 is 1.29 bits per heavy atom. The Balaban J connectivity index is 1.90. The van der Waals surface area contributed by atoms with E-state index in [-0.39, 0.29) is 0 Å². The number of nitrogens with zero attached hydrogens (tertiary/aromatic N) is 1. The van der Waals surface area contributed by atoms with Crippen molar-refractivity contribution in [1.29, 1.82) is 0 Å². The summed E-state index contributed by atoms with van der Waals surface area (Å²) in [6.07, 6.45) is 6.58. The molecule has 1 aliphatic rings. The second-order valence-electron chi connectivity index (χ2n) is 6.71. The molecule has 0 unspecified atom stereocenters. The number of pyridine rings is 1. The number of rotatable bonds is 4. The zero-order valence-electron chi connectivity index (χ0n) is 14.4. The average molecular weight is 320 g/mol. The van der Waals surface area contributed by atoms with Crippen LogP contribution in [0.2, 0.25) is 0 Å². The molecule has 1 N–H and O–H groups in total. The number of fused-ring (bicyclic) bond motifs is 1. The molecule has 1 saturated heterocycles. The van der Waals surface area contributed by atoms with Crippen LogP contribution in [0.1, 0.15) is 49.0 Å². The van der Waals surface area contributed by atoms with Crippen molar-refractivity contribution >= 4 is 11.0 Å². The topological polar surface area (TPSA) is 38.1 Å². The molecule has 1 fully saturated rings. The molecule has 124 valence electrons. The number of furan rings is 1. The van der Waals surface area contributed by atoms with E-state index in [0.717, 1.165) is 36.1 Å². The lowest BCUT2D eigenvalue weighted by molar-refractivity contribution is 0.615. The lowest BCUT2D eigenvalue weighted by Crippen LogP contribution is -2.15. The maximum Gasteiger partial charge on any atom is 0.136 e. The molecule has 4 rings (SSSR count). The fourth-order valence-corrected chi connectivity index (χ4v) is 3.80. The summed E-state index contributed by atoms with van der Waals surface area (Å²) in [7, 11) is 0. The maximum absolute atomic E-state index is 6.21. The molecule has 1 aromatic carbocycles. The Hall–Kier alpha value is -2.13. The molecule has 0 aliphatic carbocycles. The molecule has 1 aliphatic heterocycles. The monoisotopic (exact) mass is 320 g/mol. The fraction of sp³-hybridized carbons (Fsp3) is 0.381. The molecule has 0 radical (unpaired) electrons. The van der Waals surface area contributed by atoms with E-state index in [9.17, 15) is 0 Å². The first kappa shape index (κ1) is 15.4. The minimum Gasteiger partial charge on any atom is -0.456 e. The molecular weight excluding hydrogens is 296 g/mol. The van der Waals surface area contributed by atoms with Crippen LogP contribution >= 0.6 is 0 Å². The molecule has 0 amide bonds. The van der Waals surface area contributed by atoms with Gasteiger partial charge in [0.25, 0.3) is 0 Å². The molecule has 0 bridgehead atoms. The van der Waals surface area contributed by atoms with Gasteiger partial charge in [0.15, 0.2) is 0 Å². The predicted molar refractivity (Wildman–Crippen MR) is 98.2 cm³/mol. The Morgan fingerprint density at radius 3 is 2.92 bits per heavy atom. The van der Waals surface area contributed by atoms with Crippen molar-refractivity contribution in [2.45, 2.75) is 45.6 Å². The van der Waals surface area contributed by atoms with Crippen molar-refractivity contribution in [2.75, 3.05) is 6.54 Å². The zero-order chi connectivity index (χ0) is 16.5. The van der Waals surface area contributed by atoms with Gasteiger partial charge in [0, 0.05) is 28.9 Å². The zero-order valence-corrected chi connectivity index (χ0v) is 14.4. The van der Waals surface area contributed by atoms with Crippen molar-refractivity contribution in [1.82, 2.24) is 10.3 Å². The Morgan fingerprint density at radius 2 is 2.17 bits per heavy atom. The first-order valence-corrected chi connectivity index (χ1v) is 8.98.